The van der Waals surface area contributed by atoms with Gasteiger partial charge in [0.1, 0.15) is 0 Å². The maximum Gasteiger partial charge on any atom is 0.333 e. The standard InChI is InChI=1S/C11H15N3O2/c1-8(11(15)16-4)7-9(12-2)10-5-6-13-14(10)3/h5-7H,1-4H3/b8-7+,12-9+. The van der Waals surface area contributed by atoms with Crippen LogP contribution >= 0.6 is 0 Å². The first-order valence-electron chi connectivity index (χ1n) is 4.82. The molecule has 0 aliphatic heterocycles. The Morgan fingerprint density at radius 2 is 2.31 bits per heavy atom. The lowest BCUT2D eigenvalue weighted by molar-refractivity contribution is -0.136. The van der Waals surface area contributed by atoms with Crippen LogP contribution in [0.3, 0.4) is 0 Å². The molecule has 5 heteroatoms. The van der Waals surface area contributed by atoms with Crippen LogP contribution in [-0.2, 0) is 16.6 Å². The number of esters is 1. The van der Waals surface area contributed by atoms with Crippen LogP contribution in [0.2, 0.25) is 0 Å². The molecule has 0 spiro atoms. The second-order valence-electron chi connectivity index (χ2n) is 3.27. The zero-order valence-electron chi connectivity index (χ0n) is 9.89. The summed E-state index contributed by atoms with van der Waals surface area (Å²) in [6.45, 7) is 1.69. The molecule has 1 rings (SSSR count). The van der Waals surface area contributed by atoms with Crippen LogP contribution in [0, 0.1) is 0 Å². The first-order valence-corrected chi connectivity index (χ1v) is 4.82. The van der Waals surface area contributed by atoms with Gasteiger partial charge < -0.3 is 4.74 Å². The van der Waals surface area contributed by atoms with Crippen molar-refractivity contribution in [3.63, 3.8) is 0 Å². The van der Waals surface area contributed by atoms with E-state index < -0.39 is 0 Å². The van der Waals surface area contributed by atoms with Gasteiger partial charge in [-0.05, 0) is 19.1 Å². The van der Waals surface area contributed by atoms with E-state index in [2.05, 4.69) is 14.8 Å². The molecule has 0 aliphatic carbocycles. The Kier molecular flexibility index (Phi) is 3.99. The summed E-state index contributed by atoms with van der Waals surface area (Å²) >= 11 is 0. The van der Waals surface area contributed by atoms with Gasteiger partial charge in [0.05, 0.1) is 18.5 Å². The van der Waals surface area contributed by atoms with E-state index in [9.17, 15) is 4.79 Å². The maximum atomic E-state index is 11.2. The number of aromatic nitrogens is 2. The van der Waals surface area contributed by atoms with Crippen molar-refractivity contribution in [2.24, 2.45) is 12.0 Å². The lowest BCUT2D eigenvalue weighted by Crippen LogP contribution is -2.09. The molecule has 86 valence electrons. The molecule has 1 aromatic heterocycles. The minimum atomic E-state index is -0.358. The van der Waals surface area contributed by atoms with Gasteiger partial charge in [-0.2, -0.15) is 5.10 Å². The number of nitrogens with zero attached hydrogens (tertiary/aromatic N) is 3. The number of aliphatic imine (C=N–C) groups is 1. The summed E-state index contributed by atoms with van der Waals surface area (Å²) in [5.41, 5.74) is 2.05. The highest BCUT2D eigenvalue weighted by Gasteiger charge is 2.08. The molecular formula is C11H15N3O2. The van der Waals surface area contributed by atoms with Gasteiger partial charge in [-0.1, -0.05) is 0 Å². The van der Waals surface area contributed by atoms with E-state index in [0.717, 1.165) is 5.69 Å². The molecule has 0 N–H and O–H groups in total. The highest BCUT2D eigenvalue weighted by atomic mass is 16.5. The molecular weight excluding hydrogens is 206 g/mol. The Hall–Kier alpha value is -1.91. The number of carbonyl (C=O) groups is 1. The summed E-state index contributed by atoms with van der Waals surface area (Å²) in [6.07, 6.45) is 3.37. The van der Waals surface area contributed by atoms with Gasteiger partial charge in [0.2, 0.25) is 0 Å². The van der Waals surface area contributed by atoms with E-state index in [4.69, 9.17) is 0 Å². The molecule has 0 aliphatic rings. The summed E-state index contributed by atoms with van der Waals surface area (Å²) in [5.74, 6) is -0.358. The summed E-state index contributed by atoms with van der Waals surface area (Å²) in [4.78, 5) is 15.4. The van der Waals surface area contributed by atoms with E-state index in [0.29, 0.717) is 11.3 Å². The number of hydrogen-bond donors (Lipinski definition) is 0. The van der Waals surface area contributed by atoms with Crippen LogP contribution in [0.1, 0.15) is 12.6 Å². The van der Waals surface area contributed by atoms with E-state index in [1.165, 1.54) is 7.11 Å². The highest BCUT2D eigenvalue weighted by Crippen LogP contribution is 2.04. The highest BCUT2D eigenvalue weighted by molar-refractivity contribution is 6.10. The first kappa shape index (κ1) is 12.2. The third-order valence-electron chi connectivity index (χ3n) is 2.18. The SMILES string of the molecule is C/N=C(\C=C(/C)C(=O)OC)c1ccnn1C. The summed E-state index contributed by atoms with van der Waals surface area (Å²) < 4.78 is 6.32. The normalized spacial score (nSPS) is 12.8. The molecule has 0 bridgehead atoms. The fourth-order valence-electron chi connectivity index (χ4n) is 1.30. The first-order chi connectivity index (χ1) is 7.60. The monoisotopic (exact) mass is 221 g/mol. The third-order valence-corrected chi connectivity index (χ3v) is 2.18. The fraction of sp³-hybridized carbons (Fsp3) is 0.364. The van der Waals surface area contributed by atoms with Crippen LogP contribution < -0.4 is 0 Å². The van der Waals surface area contributed by atoms with Crippen molar-refractivity contribution in [1.29, 1.82) is 0 Å². The molecule has 0 fully saturated rings. The largest absolute Gasteiger partial charge is 0.466 e. The van der Waals surface area contributed by atoms with Crippen molar-refractivity contribution in [2.75, 3.05) is 14.2 Å². The van der Waals surface area contributed by atoms with Crippen molar-refractivity contribution in [1.82, 2.24) is 9.78 Å². The number of allylic oxidation sites excluding steroid dienone is 1. The molecule has 0 atom stereocenters. The molecule has 1 aromatic rings. The number of hydrogen-bond acceptors (Lipinski definition) is 4. The van der Waals surface area contributed by atoms with Gasteiger partial charge in [0, 0.05) is 25.9 Å². The van der Waals surface area contributed by atoms with Crippen LogP contribution in [-0.4, -0.2) is 35.6 Å². The number of carbonyl (C=O) groups excluding carboxylic acids is 1. The Morgan fingerprint density at radius 1 is 1.62 bits per heavy atom. The average molecular weight is 221 g/mol. The fourth-order valence-corrected chi connectivity index (χ4v) is 1.30. The van der Waals surface area contributed by atoms with Crippen molar-refractivity contribution in [3.8, 4) is 0 Å². The van der Waals surface area contributed by atoms with E-state index in [1.54, 1.807) is 30.9 Å². The van der Waals surface area contributed by atoms with Crippen LogP contribution in [0.4, 0.5) is 0 Å². The molecule has 1 heterocycles. The quantitative estimate of drug-likeness (QED) is 0.434. The van der Waals surface area contributed by atoms with Gasteiger partial charge in [-0.3, -0.25) is 9.67 Å². The predicted molar refractivity (Wildman–Crippen MR) is 61.4 cm³/mol. The molecule has 5 nitrogen and oxygen atoms in total. The van der Waals surface area contributed by atoms with Gasteiger partial charge in [0.25, 0.3) is 0 Å². The lowest BCUT2D eigenvalue weighted by atomic mass is 10.2. The lowest BCUT2D eigenvalue weighted by Gasteiger charge is -2.03. The average Bonchev–Trinajstić information content (AvgIpc) is 2.70. The smallest absolute Gasteiger partial charge is 0.333 e. The van der Waals surface area contributed by atoms with E-state index in [1.807, 2.05) is 13.1 Å². The molecule has 0 unspecified atom stereocenters. The van der Waals surface area contributed by atoms with Gasteiger partial charge in [-0.25, -0.2) is 4.79 Å². The molecule has 0 saturated heterocycles. The number of methoxy groups -OCH3 is 1. The topological polar surface area (TPSA) is 56.5 Å². The van der Waals surface area contributed by atoms with Crippen molar-refractivity contribution in [3.05, 3.63) is 29.6 Å². The predicted octanol–water partition coefficient (Wildman–Crippen LogP) is 0.958. The molecule has 0 aromatic carbocycles. The maximum absolute atomic E-state index is 11.2. The van der Waals surface area contributed by atoms with Crippen molar-refractivity contribution in [2.45, 2.75) is 6.92 Å². The van der Waals surface area contributed by atoms with Crippen molar-refractivity contribution < 1.29 is 9.53 Å². The van der Waals surface area contributed by atoms with E-state index >= 15 is 0 Å². The number of rotatable bonds is 3. The molecule has 0 radical (unpaired) electrons. The second kappa shape index (κ2) is 5.25. The third kappa shape index (κ3) is 2.56. The minimum Gasteiger partial charge on any atom is -0.466 e. The Bertz CT molecular complexity index is 444. The number of aryl methyl sites for hydroxylation is 1. The van der Waals surface area contributed by atoms with Crippen molar-refractivity contribution >= 4 is 11.7 Å². The van der Waals surface area contributed by atoms with Gasteiger partial charge >= 0.3 is 5.97 Å². The van der Waals surface area contributed by atoms with Crippen LogP contribution in [0.25, 0.3) is 0 Å². The Morgan fingerprint density at radius 3 is 2.75 bits per heavy atom. The molecule has 0 amide bonds. The summed E-state index contributed by atoms with van der Waals surface area (Å²) in [5, 5.41) is 4.05. The van der Waals surface area contributed by atoms with E-state index in [-0.39, 0.29) is 5.97 Å². The van der Waals surface area contributed by atoms with Gasteiger partial charge in [0.15, 0.2) is 0 Å². The van der Waals surface area contributed by atoms with Crippen LogP contribution in [0.5, 0.6) is 0 Å². The minimum absolute atomic E-state index is 0.358. The molecule has 0 saturated carbocycles. The second-order valence-corrected chi connectivity index (χ2v) is 3.27. The molecule has 16 heavy (non-hydrogen) atoms. The van der Waals surface area contributed by atoms with Gasteiger partial charge in [-0.15, -0.1) is 0 Å². The van der Waals surface area contributed by atoms with Crippen LogP contribution in [0.15, 0.2) is 28.9 Å². The zero-order chi connectivity index (χ0) is 12.1. The Labute approximate surface area is 94.4 Å². The summed E-state index contributed by atoms with van der Waals surface area (Å²) in [6, 6.07) is 1.84. The Balaban J connectivity index is 3.03. The zero-order valence-corrected chi connectivity index (χ0v) is 9.89. The number of ether oxygens (including phenoxy) is 1. The summed E-state index contributed by atoms with van der Waals surface area (Å²) in [7, 11) is 4.84.